The summed E-state index contributed by atoms with van der Waals surface area (Å²) in [5, 5.41) is 29.5. The van der Waals surface area contributed by atoms with Gasteiger partial charge in [-0.25, -0.2) is 4.39 Å². The van der Waals surface area contributed by atoms with E-state index in [1.807, 2.05) is 41.5 Å². The molecule has 4 aromatic rings. The smallest absolute Gasteiger partial charge is 0.123 e. The van der Waals surface area contributed by atoms with E-state index in [9.17, 15) is 14.9 Å². The molecule has 1 aliphatic heterocycles. The van der Waals surface area contributed by atoms with Gasteiger partial charge >= 0.3 is 0 Å². The number of hydrazine groups is 2. The maximum atomic E-state index is 13.9. The summed E-state index contributed by atoms with van der Waals surface area (Å²) in [7, 11) is 7.10. The summed E-state index contributed by atoms with van der Waals surface area (Å²) in [6, 6.07) is 23.6. The number of hydrogen-bond acceptors (Lipinski definition) is 8. The normalized spacial score (nSPS) is 16.1. The molecule has 0 bridgehead atoms. The van der Waals surface area contributed by atoms with Crippen molar-refractivity contribution < 1.29 is 4.39 Å². The van der Waals surface area contributed by atoms with Gasteiger partial charge in [-0.2, -0.15) is 10.5 Å². The number of nitrogens with zero attached hydrogens (tertiary/aromatic N) is 4. The van der Waals surface area contributed by atoms with Gasteiger partial charge in [0.2, 0.25) is 0 Å². The van der Waals surface area contributed by atoms with Gasteiger partial charge < -0.3 is 16.1 Å². The Morgan fingerprint density at radius 3 is 2.51 bits per heavy atom. The second kappa shape index (κ2) is 11.4. The number of benzene rings is 3. The molecular formula is C33H26BFN8. The first-order chi connectivity index (χ1) is 20.9. The Balaban J connectivity index is 1.47. The van der Waals surface area contributed by atoms with E-state index in [0.717, 1.165) is 18.4 Å². The summed E-state index contributed by atoms with van der Waals surface area (Å²) < 4.78 is 13.9. The van der Waals surface area contributed by atoms with Crippen molar-refractivity contribution in [2.45, 2.75) is 36.8 Å². The van der Waals surface area contributed by atoms with E-state index in [1.54, 1.807) is 24.3 Å². The Morgan fingerprint density at radius 1 is 1.09 bits per heavy atom. The van der Waals surface area contributed by atoms with Crippen LogP contribution in [0.25, 0.3) is 10.9 Å². The minimum atomic E-state index is -1.35. The second-order valence-corrected chi connectivity index (χ2v) is 10.6. The van der Waals surface area contributed by atoms with Crippen LogP contribution in [0, 0.1) is 40.8 Å². The molecular weight excluding hydrogens is 538 g/mol. The average Bonchev–Trinajstić information content (AvgIpc) is 3.76. The van der Waals surface area contributed by atoms with Crippen molar-refractivity contribution in [3.8, 4) is 24.5 Å². The molecule has 1 saturated carbocycles. The molecule has 10 heteroatoms. The summed E-state index contributed by atoms with van der Waals surface area (Å²) in [5.74, 6) is 2.33. The molecule has 1 aromatic heterocycles. The molecule has 208 valence electrons. The van der Waals surface area contributed by atoms with Crippen molar-refractivity contribution in [1.82, 2.24) is 21.0 Å². The zero-order valence-corrected chi connectivity index (χ0v) is 23.1. The molecule has 2 radical (unpaired) electrons. The fraction of sp³-hybridized carbons (Fsp3) is 0.182. The number of pyridine rings is 1. The summed E-state index contributed by atoms with van der Waals surface area (Å²) in [6.45, 7) is 0. The molecule has 8 nitrogen and oxygen atoms in total. The molecule has 2 aliphatic rings. The summed E-state index contributed by atoms with van der Waals surface area (Å²) in [5.41, 5.74) is 9.09. The van der Waals surface area contributed by atoms with Crippen molar-refractivity contribution in [3.05, 3.63) is 113 Å². The van der Waals surface area contributed by atoms with Crippen molar-refractivity contribution in [3.63, 3.8) is 0 Å². The molecule has 1 fully saturated rings. The van der Waals surface area contributed by atoms with E-state index in [-0.39, 0.29) is 17.4 Å². The molecule has 6 rings (SSSR count). The van der Waals surface area contributed by atoms with Gasteiger partial charge in [0.15, 0.2) is 0 Å². The molecule has 43 heavy (non-hydrogen) atoms. The van der Waals surface area contributed by atoms with Gasteiger partial charge in [0.1, 0.15) is 25.8 Å². The van der Waals surface area contributed by atoms with Crippen LogP contribution in [-0.4, -0.2) is 23.9 Å². The monoisotopic (exact) mass is 564 g/mol. The third-order valence-corrected chi connectivity index (χ3v) is 7.65. The zero-order chi connectivity index (χ0) is 30.0. The van der Waals surface area contributed by atoms with Crippen LogP contribution in [0.4, 0.5) is 15.8 Å². The van der Waals surface area contributed by atoms with Crippen LogP contribution in [0.1, 0.15) is 47.6 Å². The molecule has 0 saturated heterocycles. The largest absolute Gasteiger partial charge is 0.378 e. The number of fused-ring (bicyclic) bond motifs is 1. The number of nitrogens with one attached hydrogen (secondary N) is 4. The zero-order valence-electron chi connectivity index (χ0n) is 23.1. The van der Waals surface area contributed by atoms with Gasteiger partial charge in [-0.3, -0.25) is 9.99 Å². The highest BCUT2D eigenvalue weighted by molar-refractivity contribution is 6.19. The Hall–Kier alpha value is -5.50. The fourth-order valence-corrected chi connectivity index (χ4v) is 5.24. The van der Waals surface area contributed by atoms with Gasteiger partial charge in [-0.1, -0.05) is 42.5 Å². The molecule has 0 amide bonds. The molecule has 0 spiro atoms. The third-order valence-electron chi connectivity index (χ3n) is 7.65. The average molecular weight is 564 g/mol. The highest BCUT2D eigenvalue weighted by Gasteiger charge is 2.38. The van der Waals surface area contributed by atoms with Crippen molar-refractivity contribution >= 4 is 30.1 Å². The van der Waals surface area contributed by atoms with E-state index < -0.39 is 5.44 Å². The minimum Gasteiger partial charge on any atom is -0.378 e. The van der Waals surface area contributed by atoms with Crippen LogP contribution in [0.5, 0.6) is 0 Å². The molecule has 2 atom stereocenters. The molecule has 2 heterocycles. The van der Waals surface area contributed by atoms with Crippen LogP contribution in [0.3, 0.4) is 0 Å². The minimum absolute atomic E-state index is 0.285. The summed E-state index contributed by atoms with van der Waals surface area (Å²) in [4.78, 5) is 4.46. The lowest BCUT2D eigenvalue weighted by Gasteiger charge is -2.34. The molecule has 3 aromatic carbocycles. The van der Waals surface area contributed by atoms with E-state index in [1.165, 1.54) is 18.3 Å². The highest BCUT2D eigenvalue weighted by atomic mass is 19.1. The third kappa shape index (κ3) is 5.43. The standard InChI is InChI=1S/C33H26BFN8/c1-2-6-29(21-7-4-3-5-8-21)39-32-23(18-37)19-38-31-22(17-36)15-26(16-28(31)32)40-33(34,24-9-11-25(35)12-10-24)30-20-43(42-41-30)27-13-14-27/h1,3-5,7-12,15-16,19-20,27,29,40-42H,6,13-14H2,(H,38,39)/t29-,33?/m1/s1. The van der Waals surface area contributed by atoms with Gasteiger partial charge in [-0.15, -0.1) is 17.9 Å². The van der Waals surface area contributed by atoms with Crippen molar-refractivity contribution in [2.75, 3.05) is 10.6 Å². The van der Waals surface area contributed by atoms with Crippen molar-refractivity contribution in [2.24, 2.45) is 0 Å². The predicted octanol–water partition coefficient (Wildman–Crippen LogP) is 5.06. The predicted molar refractivity (Wildman–Crippen MR) is 164 cm³/mol. The summed E-state index contributed by atoms with van der Waals surface area (Å²) >= 11 is 0. The Bertz CT molecular complexity index is 1830. The first-order valence-corrected chi connectivity index (χ1v) is 13.8. The number of rotatable bonds is 9. The first-order valence-electron chi connectivity index (χ1n) is 13.8. The van der Waals surface area contributed by atoms with Gasteiger partial charge in [0, 0.05) is 35.9 Å². The van der Waals surface area contributed by atoms with E-state index >= 15 is 0 Å². The molecule has 4 N–H and O–H groups in total. The van der Waals surface area contributed by atoms with E-state index in [2.05, 4.69) is 44.6 Å². The highest BCUT2D eigenvalue weighted by Crippen LogP contribution is 2.38. The lowest BCUT2D eigenvalue weighted by Crippen LogP contribution is -2.45. The van der Waals surface area contributed by atoms with Gasteiger partial charge in [0.05, 0.1) is 39.5 Å². The number of anilines is 2. The fourth-order valence-electron chi connectivity index (χ4n) is 5.24. The maximum absolute atomic E-state index is 13.9. The molecule has 1 aliphatic carbocycles. The van der Waals surface area contributed by atoms with Gasteiger partial charge in [0.25, 0.3) is 0 Å². The summed E-state index contributed by atoms with van der Waals surface area (Å²) in [6.07, 6.45) is 11.6. The Morgan fingerprint density at radius 2 is 1.84 bits per heavy atom. The van der Waals surface area contributed by atoms with E-state index in [4.69, 9.17) is 14.3 Å². The molecule has 1 unspecified atom stereocenters. The van der Waals surface area contributed by atoms with Crippen LogP contribution in [0.2, 0.25) is 0 Å². The van der Waals surface area contributed by atoms with Crippen molar-refractivity contribution in [1.29, 1.82) is 10.5 Å². The lowest BCUT2D eigenvalue weighted by atomic mass is 9.69. The van der Waals surface area contributed by atoms with E-state index in [0.29, 0.717) is 51.6 Å². The number of aromatic nitrogens is 1. The SMILES string of the molecule is [B]C(Nc1cc(C#N)c2ncc(C#N)c(N[C@H](CC#C)c3ccccc3)c2c1)(C1=CN(C2CC2)NN1)c1ccc(F)cc1. The van der Waals surface area contributed by atoms with Crippen LogP contribution < -0.4 is 21.6 Å². The lowest BCUT2D eigenvalue weighted by molar-refractivity contribution is 0.260. The Labute approximate surface area is 250 Å². The maximum Gasteiger partial charge on any atom is 0.123 e. The Kier molecular flexibility index (Phi) is 7.34. The number of terminal acetylenes is 1. The van der Waals surface area contributed by atoms with Crippen LogP contribution >= 0.6 is 0 Å². The number of halogens is 1. The van der Waals surface area contributed by atoms with Crippen LogP contribution in [0.15, 0.2) is 84.8 Å². The topological polar surface area (TPSA) is 112 Å². The quantitative estimate of drug-likeness (QED) is 0.165. The van der Waals surface area contributed by atoms with Gasteiger partial charge in [-0.05, 0) is 48.2 Å². The number of nitriles is 2. The first kappa shape index (κ1) is 27.7. The number of hydrogen-bond donors (Lipinski definition) is 4. The van der Waals surface area contributed by atoms with Crippen LogP contribution in [-0.2, 0) is 5.44 Å². The second-order valence-electron chi connectivity index (χ2n) is 10.6.